The molecule has 188 valence electrons. The minimum Gasteiger partial charge on any atom is -0.426 e. The van der Waals surface area contributed by atoms with Crippen molar-refractivity contribution in [3.63, 3.8) is 0 Å². The third-order valence-corrected chi connectivity index (χ3v) is 92.6. The molecule has 1 heterocycles. The standard InChI is InChI=1S/C23H50O3Si7/c1-16(17(2)23-21(6)19(4)18(3)20(5)22(23)7)14-15-33(25-31(8,9)10,26-32(11,12)13)24-30-28-27-29-30/h30H,14-15,27-29H2,1-13H3. The summed E-state index contributed by atoms with van der Waals surface area (Å²) in [5.74, 6) is 0. The van der Waals surface area contributed by atoms with Crippen molar-refractivity contribution in [2.75, 3.05) is 0 Å². The van der Waals surface area contributed by atoms with Crippen LogP contribution in [-0.2, 0) is 12.3 Å². The van der Waals surface area contributed by atoms with E-state index in [0.717, 1.165) is 12.5 Å². The molecule has 1 aliphatic heterocycles. The first-order valence-electron chi connectivity index (χ1n) is 12.8. The monoisotopic (exact) mass is 570 g/mol. The SMILES string of the molecule is CC(CC[Si](O[SiH]1[SiH2][SiH2][SiH2]1)(O[Si](C)(C)C)O[Si](C)(C)C)=C(C)c1c(C)c(C)c(C)c(C)c1C. The van der Waals surface area contributed by atoms with Crippen LogP contribution in [0.1, 0.15) is 53.6 Å². The summed E-state index contributed by atoms with van der Waals surface area (Å²) in [6, 6.07) is 0.973. The molecule has 0 amide bonds. The maximum atomic E-state index is 7.10. The fourth-order valence-electron chi connectivity index (χ4n) is 4.71. The maximum absolute atomic E-state index is 7.10. The van der Waals surface area contributed by atoms with E-state index < -0.39 is 33.5 Å². The minimum atomic E-state index is -2.62. The van der Waals surface area contributed by atoms with Crippen LogP contribution in [0.2, 0.25) is 45.3 Å². The quantitative estimate of drug-likeness (QED) is 0.396. The van der Waals surface area contributed by atoms with Crippen LogP contribution in [0, 0.1) is 34.6 Å². The lowest BCUT2D eigenvalue weighted by Gasteiger charge is -2.43. The van der Waals surface area contributed by atoms with Crippen LogP contribution in [0.25, 0.3) is 5.57 Å². The zero-order valence-electron chi connectivity index (χ0n) is 23.8. The molecule has 0 spiro atoms. The van der Waals surface area contributed by atoms with Crippen molar-refractivity contribution in [2.45, 2.75) is 100 Å². The summed E-state index contributed by atoms with van der Waals surface area (Å²) in [6.45, 7) is 30.0. The zero-order valence-corrected chi connectivity index (χ0v) is 32.2. The Morgan fingerprint density at radius 3 is 1.52 bits per heavy atom. The zero-order chi connectivity index (χ0) is 25.4. The molecule has 1 aromatic carbocycles. The van der Waals surface area contributed by atoms with Gasteiger partial charge in [-0.2, -0.15) is 0 Å². The van der Waals surface area contributed by atoms with Gasteiger partial charge in [0.25, 0.3) is 0 Å². The lowest BCUT2D eigenvalue weighted by Crippen LogP contribution is -2.65. The Morgan fingerprint density at radius 1 is 0.727 bits per heavy atom. The molecule has 3 nitrogen and oxygen atoms in total. The summed E-state index contributed by atoms with van der Waals surface area (Å²) in [6.07, 6.45) is 1.03. The van der Waals surface area contributed by atoms with E-state index in [4.69, 9.17) is 12.3 Å². The fraction of sp³-hybridized carbons (Fsp3) is 0.652. The Balaban J connectivity index is 2.43. The predicted molar refractivity (Wildman–Crippen MR) is 166 cm³/mol. The van der Waals surface area contributed by atoms with Gasteiger partial charge in [-0.15, -0.1) is 0 Å². The number of benzene rings is 1. The smallest absolute Gasteiger partial charge is 0.426 e. The largest absolute Gasteiger partial charge is 0.469 e. The van der Waals surface area contributed by atoms with Crippen LogP contribution >= 0.6 is 0 Å². The third-order valence-electron chi connectivity index (χ3n) is 7.14. The summed E-state index contributed by atoms with van der Waals surface area (Å²) in [5, 5.41) is 0. The molecule has 10 heteroatoms. The summed E-state index contributed by atoms with van der Waals surface area (Å²) in [4.78, 5) is 0. The van der Waals surface area contributed by atoms with Gasteiger partial charge < -0.3 is 12.3 Å². The van der Waals surface area contributed by atoms with Gasteiger partial charge in [-0.05, 0) is 142 Å². The third kappa shape index (κ3) is 7.92. The van der Waals surface area contributed by atoms with Gasteiger partial charge in [0.1, 0.15) is 8.08 Å². The molecule has 0 aromatic heterocycles. The van der Waals surface area contributed by atoms with Crippen LogP contribution in [0.3, 0.4) is 0 Å². The number of allylic oxidation sites excluding steroid dienone is 2. The van der Waals surface area contributed by atoms with Crippen molar-refractivity contribution in [3.8, 4) is 0 Å². The molecule has 0 aliphatic carbocycles. The summed E-state index contributed by atoms with van der Waals surface area (Å²) in [5.41, 5.74) is 11.6. The van der Waals surface area contributed by atoms with Crippen LogP contribution in [0.5, 0.6) is 0 Å². The molecule has 0 N–H and O–H groups in total. The second-order valence-electron chi connectivity index (χ2n) is 12.2. The first-order valence-corrected chi connectivity index (χ1v) is 36.5. The highest BCUT2D eigenvalue weighted by molar-refractivity contribution is 7.80. The predicted octanol–water partition coefficient (Wildman–Crippen LogP) is 4.14. The highest BCUT2D eigenvalue weighted by Gasteiger charge is 2.49. The molecule has 0 atom stereocenters. The Hall–Kier alpha value is 0.358. The second kappa shape index (κ2) is 11.2. The molecule has 1 saturated heterocycles. The Bertz CT molecular complexity index is 852. The lowest BCUT2D eigenvalue weighted by atomic mass is 9.85. The average Bonchev–Trinajstić information content (AvgIpc) is 2.63. The number of hydrogen-bond acceptors (Lipinski definition) is 3. The van der Waals surface area contributed by atoms with Crippen LogP contribution in [-0.4, -0.2) is 59.2 Å². The fourth-order valence-corrected chi connectivity index (χ4v) is 61.6. The molecule has 0 unspecified atom stereocenters. The molecule has 0 saturated carbocycles. The van der Waals surface area contributed by atoms with Gasteiger partial charge in [0.2, 0.25) is 0 Å². The van der Waals surface area contributed by atoms with Gasteiger partial charge in [0.05, 0.1) is 0 Å². The molecule has 1 aliphatic rings. The van der Waals surface area contributed by atoms with Crippen LogP contribution < -0.4 is 0 Å². The van der Waals surface area contributed by atoms with Crippen LogP contribution in [0.4, 0.5) is 0 Å². The molecular formula is C23H50O3Si7. The van der Waals surface area contributed by atoms with Crippen molar-refractivity contribution in [2.24, 2.45) is 0 Å². The molecule has 0 radical (unpaired) electrons. The summed E-state index contributed by atoms with van der Waals surface area (Å²) in [7, 11) is -6.07. The topological polar surface area (TPSA) is 27.7 Å². The molecular weight excluding hydrogens is 521 g/mol. The average molecular weight is 571 g/mol. The van der Waals surface area contributed by atoms with E-state index in [9.17, 15) is 0 Å². The van der Waals surface area contributed by atoms with E-state index in [0.29, 0.717) is 8.55 Å². The van der Waals surface area contributed by atoms with Gasteiger partial charge in [0, 0.05) is 23.2 Å². The highest BCUT2D eigenvalue weighted by Crippen LogP contribution is 2.35. The lowest BCUT2D eigenvalue weighted by molar-refractivity contribution is 0.261. The van der Waals surface area contributed by atoms with Gasteiger partial charge in [-0.3, -0.25) is 0 Å². The maximum Gasteiger partial charge on any atom is 0.469 e. The number of rotatable bonds is 10. The Kier molecular flexibility index (Phi) is 10.0. The van der Waals surface area contributed by atoms with Crippen molar-refractivity contribution >= 4 is 64.8 Å². The van der Waals surface area contributed by atoms with E-state index in [-0.39, 0.29) is 17.1 Å². The van der Waals surface area contributed by atoms with Gasteiger partial charge >= 0.3 is 8.80 Å². The molecule has 33 heavy (non-hydrogen) atoms. The first-order chi connectivity index (χ1) is 15.0. The van der Waals surface area contributed by atoms with E-state index >= 15 is 0 Å². The van der Waals surface area contributed by atoms with Crippen molar-refractivity contribution in [1.82, 2.24) is 0 Å². The van der Waals surface area contributed by atoms with Crippen molar-refractivity contribution in [1.29, 1.82) is 0 Å². The normalized spacial score (nSPS) is 20.5. The summed E-state index contributed by atoms with van der Waals surface area (Å²) >= 11 is 0. The van der Waals surface area contributed by atoms with Gasteiger partial charge in [-0.1, -0.05) is 5.57 Å². The van der Waals surface area contributed by atoms with E-state index in [1.807, 2.05) is 0 Å². The van der Waals surface area contributed by atoms with E-state index in [1.54, 1.807) is 0 Å². The van der Waals surface area contributed by atoms with Gasteiger partial charge in [-0.25, -0.2) is 0 Å². The highest BCUT2D eigenvalue weighted by atomic mass is 30.1. The van der Waals surface area contributed by atoms with Crippen molar-refractivity contribution in [3.05, 3.63) is 39.0 Å². The Labute approximate surface area is 215 Å². The molecule has 1 fully saturated rings. The summed E-state index contributed by atoms with van der Waals surface area (Å²) < 4.78 is 21.1. The first kappa shape index (κ1) is 29.6. The Morgan fingerprint density at radius 2 is 1.15 bits per heavy atom. The van der Waals surface area contributed by atoms with E-state index in [2.05, 4.69) is 87.7 Å². The molecule has 0 bridgehead atoms. The second-order valence-corrected chi connectivity index (χ2v) is 59.5. The molecule has 2 rings (SSSR count). The molecule has 1 aromatic rings. The van der Waals surface area contributed by atoms with E-state index in [1.165, 1.54) is 44.5 Å². The van der Waals surface area contributed by atoms with Crippen molar-refractivity contribution < 1.29 is 12.3 Å². The van der Waals surface area contributed by atoms with Crippen LogP contribution in [0.15, 0.2) is 5.57 Å². The number of hydrogen-bond donors (Lipinski definition) is 0. The minimum absolute atomic E-state index is 0.226. The van der Waals surface area contributed by atoms with Gasteiger partial charge in [0.15, 0.2) is 16.6 Å².